The van der Waals surface area contributed by atoms with Gasteiger partial charge in [0.2, 0.25) is 0 Å². The van der Waals surface area contributed by atoms with Crippen LogP contribution in [0.4, 0.5) is 0 Å². The fourth-order valence-corrected chi connectivity index (χ4v) is 2.27. The maximum absolute atomic E-state index is 11.7. The van der Waals surface area contributed by atoms with E-state index in [0.717, 1.165) is 10.9 Å². The number of ether oxygens (including phenoxy) is 2. The van der Waals surface area contributed by atoms with E-state index >= 15 is 0 Å². The third-order valence-electron chi connectivity index (χ3n) is 3.25. The zero-order chi connectivity index (χ0) is 15.5. The minimum Gasteiger partial charge on any atom is -0.497 e. The molecule has 2 aromatic carbocycles. The van der Waals surface area contributed by atoms with E-state index in [1.807, 2.05) is 12.1 Å². The van der Waals surface area contributed by atoms with Crippen LogP contribution in [0.25, 0.3) is 11.0 Å². The summed E-state index contributed by atoms with van der Waals surface area (Å²) in [6.07, 6.45) is 0. The molecule has 0 aliphatic carbocycles. The van der Waals surface area contributed by atoms with Gasteiger partial charge in [-0.15, -0.1) is 0 Å². The van der Waals surface area contributed by atoms with Crippen molar-refractivity contribution >= 4 is 22.6 Å². The van der Waals surface area contributed by atoms with E-state index in [-0.39, 0.29) is 6.61 Å². The summed E-state index contributed by atoms with van der Waals surface area (Å²) in [6.45, 7) is 0.260. The average molecular weight is 317 g/mol. The van der Waals surface area contributed by atoms with Crippen molar-refractivity contribution in [3.63, 3.8) is 0 Å². The van der Waals surface area contributed by atoms with Crippen LogP contribution in [0.2, 0.25) is 5.02 Å². The summed E-state index contributed by atoms with van der Waals surface area (Å²) in [5.41, 5.74) is 0.806. The summed E-state index contributed by atoms with van der Waals surface area (Å²) in [6, 6.07) is 13.8. The van der Waals surface area contributed by atoms with Crippen molar-refractivity contribution in [3.8, 4) is 11.5 Å². The van der Waals surface area contributed by atoms with Crippen LogP contribution >= 0.6 is 11.6 Å². The van der Waals surface area contributed by atoms with E-state index in [1.165, 1.54) is 6.07 Å². The molecule has 0 saturated heterocycles. The maximum atomic E-state index is 11.7. The Labute approximate surface area is 131 Å². The lowest BCUT2D eigenvalue weighted by atomic mass is 10.1. The molecule has 112 valence electrons. The Balaban J connectivity index is 1.92. The number of methoxy groups -OCH3 is 1. The lowest BCUT2D eigenvalue weighted by Gasteiger charge is -2.09. The topological polar surface area (TPSA) is 48.7 Å². The van der Waals surface area contributed by atoms with Crippen LogP contribution < -0.4 is 15.1 Å². The van der Waals surface area contributed by atoms with Crippen LogP contribution in [-0.2, 0) is 6.61 Å². The molecular weight excluding hydrogens is 304 g/mol. The molecule has 0 bridgehead atoms. The molecule has 0 fully saturated rings. The van der Waals surface area contributed by atoms with Crippen LogP contribution in [0.3, 0.4) is 0 Å². The Morgan fingerprint density at radius 1 is 1.05 bits per heavy atom. The Bertz CT molecular complexity index is 853. The molecule has 3 rings (SSSR count). The van der Waals surface area contributed by atoms with Gasteiger partial charge in [-0.25, -0.2) is 4.79 Å². The molecular formula is C17H13ClO4. The first-order chi connectivity index (χ1) is 10.7. The summed E-state index contributed by atoms with van der Waals surface area (Å²) < 4.78 is 16.0. The van der Waals surface area contributed by atoms with E-state index in [0.29, 0.717) is 22.1 Å². The highest BCUT2D eigenvalue weighted by Gasteiger charge is 2.08. The molecule has 0 aliphatic heterocycles. The van der Waals surface area contributed by atoms with Gasteiger partial charge in [0.15, 0.2) is 0 Å². The van der Waals surface area contributed by atoms with Crippen molar-refractivity contribution in [2.24, 2.45) is 0 Å². The fourth-order valence-electron chi connectivity index (χ4n) is 2.15. The van der Waals surface area contributed by atoms with Crippen LogP contribution in [0, 0.1) is 0 Å². The molecule has 0 radical (unpaired) electrons. The van der Waals surface area contributed by atoms with Crippen molar-refractivity contribution in [2.45, 2.75) is 6.61 Å². The first-order valence-corrected chi connectivity index (χ1v) is 7.02. The van der Waals surface area contributed by atoms with Gasteiger partial charge in [-0.2, -0.15) is 0 Å². The molecule has 4 nitrogen and oxygen atoms in total. The van der Waals surface area contributed by atoms with Gasteiger partial charge in [-0.1, -0.05) is 11.6 Å². The molecule has 0 unspecified atom stereocenters. The largest absolute Gasteiger partial charge is 0.497 e. The normalized spacial score (nSPS) is 10.6. The number of halogens is 1. The summed E-state index contributed by atoms with van der Waals surface area (Å²) in [5, 5.41) is 1.46. The van der Waals surface area contributed by atoms with Gasteiger partial charge < -0.3 is 13.9 Å². The lowest BCUT2D eigenvalue weighted by Crippen LogP contribution is -2.04. The summed E-state index contributed by atoms with van der Waals surface area (Å²) in [7, 11) is 1.56. The second-order valence-corrected chi connectivity index (χ2v) is 5.13. The van der Waals surface area contributed by atoms with Crippen molar-refractivity contribution in [3.05, 3.63) is 69.5 Å². The first-order valence-electron chi connectivity index (χ1n) is 6.65. The zero-order valence-corrected chi connectivity index (χ0v) is 12.6. The molecule has 0 amide bonds. The minimum absolute atomic E-state index is 0.260. The number of benzene rings is 2. The fraction of sp³-hybridized carbons (Fsp3) is 0.118. The van der Waals surface area contributed by atoms with E-state index < -0.39 is 5.63 Å². The highest BCUT2D eigenvalue weighted by atomic mass is 35.5. The predicted octanol–water partition coefficient (Wildman–Crippen LogP) is 4.03. The van der Waals surface area contributed by atoms with Crippen molar-refractivity contribution in [1.29, 1.82) is 0 Å². The van der Waals surface area contributed by atoms with Crippen molar-refractivity contribution in [1.82, 2.24) is 0 Å². The molecule has 0 aliphatic rings. The van der Waals surface area contributed by atoms with E-state index in [9.17, 15) is 4.79 Å². The standard InChI is InChI=1S/C17H13ClO4/c1-20-14-6-7-15-11(8-17(19)22-16(15)9-14)10-21-13-4-2-12(18)3-5-13/h2-9H,10H2,1H3. The van der Waals surface area contributed by atoms with Gasteiger partial charge in [0, 0.05) is 28.1 Å². The van der Waals surface area contributed by atoms with Crippen LogP contribution in [0.1, 0.15) is 5.56 Å². The average Bonchev–Trinajstić information content (AvgIpc) is 2.53. The molecule has 0 saturated carbocycles. The Morgan fingerprint density at radius 3 is 2.50 bits per heavy atom. The molecule has 1 aromatic heterocycles. The van der Waals surface area contributed by atoms with Gasteiger partial charge in [0.1, 0.15) is 23.7 Å². The molecule has 3 aromatic rings. The van der Waals surface area contributed by atoms with Crippen molar-refractivity contribution in [2.75, 3.05) is 7.11 Å². The van der Waals surface area contributed by atoms with Gasteiger partial charge in [0.25, 0.3) is 0 Å². The Kier molecular flexibility index (Phi) is 4.02. The highest BCUT2D eigenvalue weighted by Crippen LogP contribution is 2.24. The number of hydrogen-bond acceptors (Lipinski definition) is 4. The molecule has 5 heteroatoms. The third-order valence-corrected chi connectivity index (χ3v) is 3.50. The molecule has 22 heavy (non-hydrogen) atoms. The number of fused-ring (bicyclic) bond motifs is 1. The van der Waals surface area contributed by atoms with Crippen LogP contribution in [-0.4, -0.2) is 7.11 Å². The second-order valence-electron chi connectivity index (χ2n) is 4.70. The molecule has 0 atom stereocenters. The molecule has 0 spiro atoms. The second kappa shape index (κ2) is 6.12. The van der Waals surface area contributed by atoms with Crippen LogP contribution in [0.5, 0.6) is 11.5 Å². The molecule has 1 heterocycles. The smallest absolute Gasteiger partial charge is 0.336 e. The van der Waals surface area contributed by atoms with Gasteiger partial charge >= 0.3 is 5.63 Å². The summed E-state index contributed by atoms with van der Waals surface area (Å²) >= 11 is 5.84. The monoisotopic (exact) mass is 316 g/mol. The maximum Gasteiger partial charge on any atom is 0.336 e. The summed E-state index contributed by atoms with van der Waals surface area (Å²) in [4.78, 5) is 11.7. The Hall–Kier alpha value is -2.46. The SMILES string of the molecule is COc1ccc2c(COc3ccc(Cl)cc3)cc(=O)oc2c1. The van der Waals surface area contributed by atoms with E-state index in [1.54, 1.807) is 37.4 Å². The highest BCUT2D eigenvalue weighted by molar-refractivity contribution is 6.30. The number of hydrogen-bond donors (Lipinski definition) is 0. The quantitative estimate of drug-likeness (QED) is 0.682. The number of rotatable bonds is 4. The predicted molar refractivity (Wildman–Crippen MR) is 84.8 cm³/mol. The summed E-state index contributed by atoms with van der Waals surface area (Å²) in [5.74, 6) is 1.31. The molecule has 0 N–H and O–H groups in total. The third kappa shape index (κ3) is 3.07. The minimum atomic E-state index is -0.421. The van der Waals surface area contributed by atoms with Crippen molar-refractivity contribution < 1.29 is 13.9 Å². The first kappa shape index (κ1) is 14.5. The van der Waals surface area contributed by atoms with Gasteiger partial charge in [0.05, 0.1) is 7.11 Å². The lowest BCUT2D eigenvalue weighted by molar-refractivity contribution is 0.306. The van der Waals surface area contributed by atoms with Gasteiger partial charge in [-0.3, -0.25) is 0 Å². The zero-order valence-electron chi connectivity index (χ0n) is 11.8. The Morgan fingerprint density at radius 2 is 1.77 bits per heavy atom. The van der Waals surface area contributed by atoms with Crippen LogP contribution in [0.15, 0.2) is 57.7 Å². The van der Waals surface area contributed by atoms with Gasteiger partial charge in [-0.05, 0) is 36.4 Å². The van der Waals surface area contributed by atoms with E-state index in [2.05, 4.69) is 0 Å². The van der Waals surface area contributed by atoms with E-state index in [4.69, 9.17) is 25.5 Å².